The minimum absolute atomic E-state index is 0.108. The molecule has 0 bridgehead atoms. The first-order valence-electron chi connectivity index (χ1n) is 7.77. The summed E-state index contributed by atoms with van der Waals surface area (Å²) in [5.74, 6) is 1.68. The van der Waals surface area contributed by atoms with Crippen molar-refractivity contribution in [3.63, 3.8) is 0 Å². The van der Waals surface area contributed by atoms with Gasteiger partial charge in [0.1, 0.15) is 0 Å². The van der Waals surface area contributed by atoms with E-state index in [1.807, 2.05) is 0 Å². The van der Waals surface area contributed by atoms with Crippen LogP contribution in [0.3, 0.4) is 0 Å². The Bertz CT molecular complexity index is 416. The van der Waals surface area contributed by atoms with Crippen LogP contribution in [0.15, 0.2) is 10.6 Å². The molecule has 1 aromatic heterocycles. The summed E-state index contributed by atoms with van der Waals surface area (Å²) in [7, 11) is 0. The number of hydrogen-bond acceptors (Lipinski definition) is 4. The quantitative estimate of drug-likeness (QED) is 0.832. The zero-order chi connectivity index (χ0) is 14.8. The summed E-state index contributed by atoms with van der Waals surface area (Å²) >= 11 is 0. The van der Waals surface area contributed by atoms with Crippen LogP contribution >= 0.6 is 0 Å². The standard InChI is InChI=1S/C16H29N3O/c1-12(2)10-19(14-6-7-14)11-15-8-13(18-20-15)9-17-16(3,4)5/h8,12,14,17H,6-7,9-11H2,1-5H3. The Kier molecular flexibility index (Phi) is 4.86. The largest absolute Gasteiger partial charge is 0.360 e. The van der Waals surface area contributed by atoms with Gasteiger partial charge in [-0.25, -0.2) is 0 Å². The highest BCUT2D eigenvalue weighted by molar-refractivity contribution is 5.06. The number of nitrogens with one attached hydrogen (secondary N) is 1. The second-order valence-corrected chi connectivity index (χ2v) is 7.44. The van der Waals surface area contributed by atoms with Gasteiger partial charge in [0.2, 0.25) is 0 Å². The highest BCUT2D eigenvalue weighted by atomic mass is 16.5. The summed E-state index contributed by atoms with van der Waals surface area (Å²) in [6.07, 6.45) is 2.67. The van der Waals surface area contributed by atoms with Crippen LogP contribution in [0.5, 0.6) is 0 Å². The first-order valence-corrected chi connectivity index (χ1v) is 7.77. The molecule has 4 heteroatoms. The molecule has 0 amide bonds. The lowest BCUT2D eigenvalue weighted by Crippen LogP contribution is -2.35. The molecule has 2 rings (SSSR count). The van der Waals surface area contributed by atoms with E-state index >= 15 is 0 Å². The third-order valence-electron chi connectivity index (χ3n) is 3.43. The molecule has 0 aromatic carbocycles. The summed E-state index contributed by atoms with van der Waals surface area (Å²) in [5, 5.41) is 7.60. The van der Waals surface area contributed by atoms with Gasteiger partial charge in [0, 0.05) is 30.7 Å². The van der Waals surface area contributed by atoms with Gasteiger partial charge < -0.3 is 9.84 Å². The van der Waals surface area contributed by atoms with Gasteiger partial charge in [-0.3, -0.25) is 4.90 Å². The topological polar surface area (TPSA) is 41.3 Å². The second kappa shape index (κ2) is 6.27. The molecular formula is C16H29N3O. The van der Waals surface area contributed by atoms with E-state index in [0.29, 0.717) is 5.92 Å². The lowest BCUT2D eigenvalue weighted by Gasteiger charge is -2.22. The smallest absolute Gasteiger partial charge is 0.151 e. The van der Waals surface area contributed by atoms with Crippen LogP contribution in [-0.2, 0) is 13.1 Å². The summed E-state index contributed by atoms with van der Waals surface area (Å²) < 4.78 is 5.49. The van der Waals surface area contributed by atoms with Crippen molar-refractivity contribution in [2.24, 2.45) is 5.92 Å². The third kappa shape index (κ3) is 5.25. The van der Waals surface area contributed by atoms with E-state index in [0.717, 1.165) is 37.1 Å². The van der Waals surface area contributed by atoms with Crippen molar-refractivity contribution in [1.29, 1.82) is 0 Å². The highest BCUT2D eigenvalue weighted by Gasteiger charge is 2.30. The predicted octanol–water partition coefficient (Wildman–Crippen LogP) is 3.18. The van der Waals surface area contributed by atoms with Crippen LogP contribution in [0.2, 0.25) is 0 Å². The third-order valence-corrected chi connectivity index (χ3v) is 3.43. The zero-order valence-electron chi connectivity index (χ0n) is 13.6. The highest BCUT2D eigenvalue weighted by Crippen LogP contribution is 2.29. The van der Waals surface area contributed by atoms with Gasteiger partial charge in [0.15, 0.2) is 5.76 Å². The Labute approximate surface area is 122 Å². The summed E-state index contributed by atoms with van der Waals surface area (Å²) in [4.78, 5) is 2.53. The average Bonchev–Trinajstić information content (AvgIpc) is 3.06. The average molecular weight is 279 g/mol. The van der Waals surface area contributed by atoms with E-state index in [1.165, 1.54) is 12.8 Å². The molecule has 0 unspecified atom stereocenters. The summed E-state index contributed by atoms with van der Waals surface area (Å²) in [5.41, 5.74) is 1.10. The van der Waals surface area contributed by atoms with Gasteiger partial charge in [0.05, 0.1) is 12.2 Å². The van der Waals surface area contributed by atoms with Gasteiger partial charge >= 0.3 is 0 Å². The van der Waals surface area contributed by atoms with Crippen LogP contribution in [0.4, 0.5) is 0 Å². The molecule has 0 spiro atoms. The van der Waals surface area contributed by atoms with Crippen molar-refractivity contribution in [3.05, 3.63) is 17.5 Å². The normalized spacial score (nSPS) is 16.4. The van der Waals surface area contributed by atoms with Crippen molar-refractivity contribution in [1.82, 2.24) is 15.4 Å². The molecule has 1 heterocycles. The lowest BCUT2D eigenvalue weighted by atomic mass is 10.1. The van der Waals surface area contributed by atoms with E-state index in [9.17, 15) is 0 Å². The van der Waals surface area contributed by atoms with E-state index < -0.39 is 0 Å². The molecule has 0 atom stereocenters. The number of rotatable bonds is 7. The molecule has 0 radical (unpaired) electrons. The van der Waals surface area contributed by atoms with Gasteiger partial charge in [-0.05, 0) is 39.5 Å². The van der Waals surface area contributed by atoms with E-state index in [-0.39, 0.29) is 5.54 Å². The Morgan fingerprint density at radius 1 is 1.40 bits per heavy atom. The molecule has 0 saturated heterocycles. The van der Waals surface area contributed by atoms with Gasteiger partial charge in [-0.2, -0.15) is 0 Å². The molecule has 114 valence electrons. The maximum atomic E-state index is 5.49. The molecular weight excluding hydrogens is 250 g/mol. The van der Waals surface area contributed by atoms with Crippen molar-refractivity contribution in [2.75, 3.05) is 6.54 Å². The molecule has 1 aromatic rings. The van der Waals surface area contributed by atoms with E-state index in [1.54, 1.807) is 0 Å². The number of nitrogens with zero attached hydrogens (tertiary/aromatic N) is 2. The minimum Gasteiger partial charge on any atom is -0.360 e. The maximum Gasteiger partial charge on any atom is 0.151 e. The Balaban J connectivity index is 1.87. The fourth-order valence-corrected chi connectivity index (χ4v) is 2.32. The van der Waals surface area contributed by atoms with Crippen LogP contribution in [0.1, 0.15) is 58.9 Å². The van der Waals surface area contributed by atoms with Crippen molar-refractivity contribution in [3.8, 4) is 0 Å². The molecule has 1 N–H and O–H groups in total. The Morgan fingerprint density at radius 3 is 2.65 bits per heavy atom. The summed E-state index contributed by atoms with van der Waals surface area (Å²) in [6, 6.07) is 2.85. The predicted molar refractivity (Wildman–Crippen MR) is 81.4 cm³/mol. The molecule has 1 aliphatic rings. The first kappa shape index (κ1) is 15.5. The lowest BCUT2D eigenvalue weighted by molar-refractivity contribution is 0.200. The van der Waals surface area contributed by atoms with Crippen LogP contribution in [-0.4, -0.2) is 28.2 Å². The number of hydrogen-bond donors (Lipinski definition) is 1. The summed E-state index contributed by atoms with van der Waals surface area (Å²) in [6.45, 7) is 13.8. The Hall–Kier alpha value is -0.870. The monoisotopic (exact) mass is 279 g/mol. The SMILES string of the molecule is CC(C)CN(Cc1cc(CNC(C)(C)C)no1)C1CC1. The van der Waals surface area contributed by atoms with Gasteiger partial charge in [-0.1, -0.05) is 19.0 Å². The maximum absolute atomic E-state index is 5.49. The second-order valence-electron chi connectivity index (χ2n) is 7.44. The van der Waals surface area contributed by atoms with Crippen LogP contribution < -0.4 is 5.32 Å². The molecule has 4 nitrogen and oxygen atoms in total. The van der Waals surface area contributed by atoms with Crippen LogP contribution in [0.25, 0.3) is 0 Å². The van der Waals surface area contributed by atoms with Crippen LogP contribution in [0, 0.1) is 5.92 Å². The van der Waals surface area contributed by atoms with E-state index in [2.05, 4.69) is 56.1 Å². The Morgan fingerprint density at radius 2 is 2.10 bits per heavy atom. The van der Waals surface area contributed by atoms with Crippen molar-refractivity contribution in [2.45, 2.75) is 72.1 Å². The van der Waals surface area contributed by atoms with E-state index in [4.69, 9.17) is 4.52 Å². The molecule has 20 heavy (non-hydrogen) atoms. The number of aromatic nitrogens is 1. The minimum atomic E-state index is 0.108. The first-order chi connectivity index (χ1) is 9.33. The molecule has 1 saturated carbocycles. The van der Waals surface area contributed by atoms with Crippen molar-refractivity contribution < 1.29 is 4.52 Å². The molecule has 1 aliphatic carbocycles. The molecule has 0 aliphatic heterocycles. The van der Waals surface area contributed by atoms with Gasteiger partial charge in [-0.15, -0.1) is 0 Å². The molecule has 1 fully saturated rings. The van der Waals surface area contributed by atoms with Gasteiger partial charge in [0.25, 0.3) is 0 Å². The van der Waals surface area contributed by atoms with Crippen molar-refractivity contribution >= 4 is 0 Å². The fourth-order valence-electron chi connectivity index (χ4n) is 2.32. The fraction of sp³-hybridized carbons (Fsp3) is 0.812. The zero-order valence-corrected chi connectivity index (χ0v) is 13.6.